The Labute approximate surface area is 101 Å². The van der Waals surface area contributed by atoms with Gasteiger partial charge in [-0.3, -0.25) is 10.1 Å². The van der Waals surface area contributed by atoms with E-state index in [0.29, 0.717) is 0 Å². The lowest BCUT2D eigenvalue weighted by Gasteiger charge is -2.06. The lowest BCUT2D eigenvalue weighted by Crippen LogP contribution is -1.97. The Morgan fingerprint density at radius 3 is 2.65 bits per heavy atom. The number of rotatable bonds is 3. The van der Waals surface area contributed by atoms with Gasteiger partial charge < -0.3 is 9.52 Å². The molecule has 0 amide bonds. The second kappa shape index (κ2) is 4.31. The molecule has 0 bridgehead atoms. The first-order chi connectivity index (χ1) is 7.99. The van der Waals surface area contributed by atoms with Crippen LogP contribution in [0.2, 0.25) is 0 Å². The van der Waals surface area contributed by atoms with Crippen molar-refractivity contribution in [2.45, 2.75) is 20.0 Å². The number of aliphatic hydroxyl groups is 1. The smallest absolute Gasteiger partial charge is 0.403 e. The molecule has 2 aromatic heterocycles. The second-order valence-corrected chi connectivity index (χ2v) is 5.16. The van der Waals surface area contributed by atoms with Gasteiger partial charge in [0.25, 0.3) is 0 Å². The van der Waals surface area contributed by atoms with Crippen LogP contribution in [0.15, 0.2) is 22.6 Å². The van der Waals surface area contributed by atoms with Gasteiger partial charge in [-0.1, -0.05) is 0 Å². The quantitative estimate of drug-likeness (QED) is 0.674. The van der Waals surface area contributed by atoms with Crippen molar-refractivity contribution in [3.05, 3.63) is 49.4 Å². The van der Waals surface area contributed by atoms with Gasteiger partial charge in [0, 0.05) is 15.3 Å². The van der Waals surface area contributed by atoms with Crippen molar-refractivity contribution in [3.63, 3.8) is 0 Å². The molecule has 0 fully saturated rings. The Hall–Kier alpha value is -1.66. The molecular formula is C11H11NO4S. The van der Waals surface area contributed by atoms with E-state index in [2.05, 4.69) is 0 Å². The molecule has 0 aliphatic rings. The van der Waals surface area contributed by atoms with E-state index in [1.807, 2.05) is 19.9 Å². The monoisotopic (exact) mass is 253 g/mol. The summed E-state index contributed by atoms with van der Waals surface area (Å²) in [6.45, 7) is 3.84. The van der Waals surface area contributed by atoms with Crippen LogP contribution in [0.25, 0.3) is 0 Å². The number of aliphatic hydroxyl groups excluding tert-OH is 1. The molecule has 0 radical (unpaired) electrons. The largest absolute Gasteiger partial charge is 0.433 e. The number of furan rings is 1. The van der Waals surface area contributed by atoms with Gasteiger partial charge in [-0.05, 0) is 26.0 Å². The summed E-state index contributed by atoms with van der Waals surface area (Å²) < 4.78 is 4.98. The lowest BCUT2D eigenvalue weighted by molar-refractivity contribution is -0.402. The Balaban J connectivity index is 2.33. The van der Waals surface area contributed by atoms with Crippen molar-refractivity contribution in [2.24, 2.45) is 0 Å². The van der Waals surface area contributed by atoms with Crippen LogP contribution in [0.5, 0.6) is 0 Å². The number of thiophene rings is 1. The first-order valence-corrected chi connectivity index (χ1v) is 5.80. The third kappa shape index (κ3) is 2.22. The SMILES string of the molecule is Cc1cc(C(O)c2ccc([N+](=O)[O-])o2)c(C)s1. The van der Waals surface area contributed by atoms with Gasteiger partial charge in [0.05, 0.1) is 6.07 Å². The van der Waals surface area contributed by atoms with Crippen LogP contribution in [-0.4, -0.2) is 10.0 Å². The molecule has 0 aliphatic carbocycles. The Kier molecular flexibility index (Phi) is 2.99. The molecule has 5 nitrogen and oxygen atoms in total. The average Bonchev–Trinajstić information content (AvgIpc) is 2.84. The molecule has 2 aromatic rings. The fourth-order valence-electron chi connectivity index (χ4n) is 1.66. The van der Waals surface area contributed by atoms with Crippen LogP contribution >= 0.6 is 11.3 Å². The predicted molar refractivity (Wildman–Crippen MR) is 63.2 cm³/mol. The topological polar surface area (TPSA) is 76.5 Å². The Bertz CT molecular complexity index is 558. The van der Waals surface area contributed by atoms with Gasteiger partial charge in [0.2, 0.25) is 0 Å². The zero-order valence-corrected chi connectivity index (χ0v) is 10.2. The van der Waals surface area contributed by atoms with Crippen LogP contribution in [0.1, 0.15) is 27.2 Å². The maximum Gasteiger partial charge on any atom is 0.433 e. The Morgan fingerprint density at radius 1 is 1.47 bits per heavy atom. The molecular weight excluding hydrogens is 242 g/mol. The molecule has 1 unspecified atom stereocenters. The van der Waals surface area contributed by atoms with Gasteiger partial charge in [-0.25, -0.2) is 0 Å². The van der Waals surface area contributed by atoms with E-state index in [1.165, 1.54) is 12.1 Å². The molecule has 90 valence electrons. The van der Waals surface area contributed by atoms with Crippen molar-refractivity contribution in [3.8, 4) is 0 Å². The molecule has 0 saturated carbocycles. The van der Waals surface area contributed by atoms with E-state index in [9.17, 15) is 15.2 Å². The lowest BCUT2D eigenvalue weighted by atomic mass is 10.1. The van der Waals surface area contributed by atoms with Crippen LogP contribution in [0.4, 0.5) is 5.88 Å². The minimum atomic E-state index is -0.950. The van der Waals surface area contributed by atoms with Crippen molar-refractivity contribution in [1.82, 2.24) is 0 Å². The minimum Gasteiger partial charge on any atom is -0.403 e. The molecule has 2 heterocycles. The van der Waals surface area contributed by atoms with Crippen LogP contribution < -0.4 is 0 Å². The van der Waals surface area contributed by atoms with Crippen LogP contribution in [0, 0.1) is 24.0 Å². The van der Waals surface area contributed by atoms with E-state index >= 15 is 0 Å². The number of hydrogen-bond donors (Lipinski definition) is 1. The summed E-state index contributed by atoms with van der Waals surface area (Å²) in [5, 5.41) is 20.5. The molecule has 0 aromatic carbocycles. The summed E-state index contributed by atoms with van der Waals surface area (Å²) in [7, 11) is 0. The fraction of sp³-hybridized carbons (Fsp3) is 0.273. The summed E-state index contributed by atoms with van der Waals surface area (Å²) in [5.41, 5.74) is 0.733. The molecule has 1 atom stereocenters. The number of nitro groups is 1. The maximum absolute atomic E-state index is 10.5. The maximum atomic E-state index is 10.5. The zero-order valence-electron chi connectivity index (χ0n) is 9.34. The third-order valence-electron chi connectivity index (χ3n) is 2.44. The molecule has 6 heteroatoms. The molecule has 0 saturated heterocycles. The zero-order chi connectivity index (χ0) is 12.6. The molecule has 0 spiro atoms. The van der Waals surface area contributed by atoms with E-state index in [4.69, 9.17) is 4.42 Å². The van der Waals surface area contributed by atoms with E-state index in [0.717, 1.165) is 15.3 Å². The minimum absolute atomic E-state index is 0.192. The van der Waals surface area contributed by atoms with Gasteiger partial charge >= 0.3 is 5.88 Å². The third-order valence-corrected chi connectivity index (χ3v) is 3.42. The fourth-order valence-corrected chi connectivity index (χ4v) is 2.62. The molecule has 17 heavy (non-hydrogen) atoms. The average molecular weight is 253 g/mol. The van der Waals surface area contributed by atoms with Gasteiger partial charge in [-0.2, -0.15) is 0 Å². The number of aryl methyl sites for hydroxylation is 2. The van der Waals surface area contributed by atoms with Crippen molar-refractivity contribution >= 4 is 17.2 Å². The summed E-state index contributed by atoms with van der Waals surface area (Å²) >= 11 is 1.57. The highest BCUT2D eigenvalue weighted by Crippen LogP contribution is 2.32. The van der Waals surface area contributed by atoms with Crippen LogP contribution in [0.3, 0.4) is 0 Å². The van der Waals surface area contributed by atoms with Gasteiger partial charge in [0.15, 0.2) is 0 Å². The standard InChI is InChI=1S/C11H11NO4S/c1-6-5-8(7(2)17-6)11(13)9-3-4-10(16-9)12(14)15/h3-5,11,13H,1-2H3. The van der Waals surface area contributed by atoms with Crippen LogP contribution in [-0.2, 0) is 0 Å². The van der Waals surface area contributed by atoms with E-state index < -0.39 is 11.0 Å². The van der Waals surface area contributed by atoms with Crippen molar-refractivity contribution in [1.29, 1.82) is 0 Å². The molecule has 2 rings (SSSR count). The highest BCUT2D eigenvalue weighted by Gasteiger charge is 2.21. The Morgan fingerprint density at radius 2 is 2.18 bits per heavy atom. The van der Waals surface area contributed by atoms with Gasteiger partial charge in [-0.15, -0.1) is 11.3 Å². The van der Waals surface area contributed by atoms with E-state index in [-0.39, 0.29) is 11.6 Å². The van der Waals surface area contributed by atoms with Gasteiger partial charge in [0.1, 0.15) is 16.8 Å². The molecule has 1 N–H and O–H groups in total. The summed E-state index contributed by atoms with van der Waals surface area (Å²) in [4.78, 5) is 11.9. The molecule has 0 aliphatic heterocycles. The summed E-state index contributed by atoms with van der Waals surface area (Å²) in [6, 6.07) is 4.53. The predicted octanol–water partition coefficient (Wildman–Crippen LogP) is 2.95. The summed E-state index contributed by atoms with van der Waals surface area (Å²) in [6.07, 6.45) is -0.950. The number of hydrogen-bond acceptors (Lipinski definition) is 5. The second-order valence-electron chi connectivity index (χ2n) is 3.70. The van der Waals surface area contributed by atoms with E-state index in [1.54, 1.807) is 11.3 Å². The summed E-state index contributed by atoms with van der Waals surface area (Å²) in [5.74, 6) is -0.166. The first kappa shape index (κ1) is 11.8. The first-order valence-electron chi connectivity index (χ1n) is 4.98. The van der Waals surface area contributed by atoms with Crippen molar-refractivity contribution in [2.75, 3.05) is 0 Å². The number of nitrogens with zero attached hydrogens (tertiary/aromatic N) is 1. The highest BCUT2D eigenvalue weighted by atomic mass is 32.1. The normalized spacial score (nSPS) is 12.6. The highest BCUT2D eigenvalue weighted by molar-refractivity contribution is 7.12. The van der Waals surface area contributed by atoms with Crippen molar-refractivity contribution < 1.29 is 14.4 Å².